The van der Waals surface area contributed by atoms with Gasteiger partial charge in [-0.1, -0.05) is 17.7 Å². The number of nitrogens with one attached hydrogen (secondary N) is 2. The Morgan fingerprint density at radius 1 is 0.920 bits per heavy atom. The molecule has 25 heavy (non-hydrogen) atoms. The second-order valence-electron chi connectivity index (χ2n) is 5.46. The third-order valence-corrected chi connectivity index (χ3v) is 3.56. The van der Waals surface area contributed by atoms with E-state index in [1.54, 1.807) is 7.11 Å². The first-order valence-corrected chi connectivity index (χ1v) is 7.75. The van der Waals surface area contributed by atoms with Gasteiger partial charge < -0.3 is 15.4 Å². The largest absolute Gasteiger partial charge is 0.497 e. The summed E-state index contributed by atoms with van der Waals surface area (Å²) < 4.78 is 5.12. The molecule has 0 spiro atoms. The average Bonchev–Trinajstić information content (AvgIpc) is 2.65. The molecule has 1 heterocycles. The lowest BCUT2D eigenvalue weighted by atomic mass is 10.2. The van der Waals surface area contributed by atoms with Crippen molar-refractivity contribution in [1.82, 2.24) is 9.97 Å². The third kappa shape index (κ3) is 4.32. The van der Waals surface area contributed by atoms with Crippen molar-refractivity contribution >= 4 is 23.1 Å². The minimum atomic E-state index is -0.299. The number of amides is 1. The topological polar surface area (TPSA) is 76.1 Å². The lowest BCUT2D eigenvalue weighted by molar-refractivity contribution is 0.102. The number of ether oxygens (including phenoxy) is 1. The number of carbonyl (C=O) groups excluding carboxylic acids is 1. The number of benzene rings is 2. The Balaban J connectivity index is 1.64. The fraction of sp³-hybridized carbons (Fsp3) is 0.105. The van der Waals surface area contributed by atoms with E-state index in [0.29, 0.717) is 5.82 Å². The second-order valence-corrected chi connectivity index (χ2v) is 5.46. The third-order valence-electron chi connectivity index (χ3n) is 3.56. The van der Waals surface area contributed by atoms with Crippen LogP contribution in [0.4, 0.5) is 17.2 Å². The van der Waals surface area contributed by atoms with E-state index >= 15 is 0 Å². The maximum Gasteiger partial charge on any atom is 0.275 e. The van der Waals surface area contributed by atoms with Crippen molar-refractivity contribution in [2.24, 2.45) is 0 Å². The molecular formula is C19H18N4O2. The molecule has 3 rings (SSSR count). The first kappa shape index (κ1) is 16.4. The summed E-state index contributed by atoms with van der Waals surface area (Å²) in [4.78, 5) is 20.6. The van der Waals surface area contributed by atoms with Crippen molar-refractivity contribution in [1.29, 1.82) is 0 Å². The van der Waals surface area contributed by atoms with Gasteiger partial charge in [0.1, 0.15) is 17.3 Å². The Hall–Kier alpha value is -3.41. The standard InChI is InChI=1S/C19H18N4O2/c1-13-3-5-15(6-4-13)23-19(24)17-11-21-18(12-20-17)22-14-7-9-16(25-2)10-8-14/h3-12H,1-2H3,(H,21,22)(H,23,24). The maximum atomic E-state index is 12.2. The fourth-order valence-corrected chi connectivity index (χ4v) is 2.16. The maximum absolute atomic E-state index is 12.2. The predicted octanol–water partition coefficient (Wildman–Crippen LogP) is 3.79. The number of carbonyl (C=O) groups is 1. The zero-order chi connectivity index (χ0) is 17.6. The highest BCUT2D eigenvalue weighted by molar-refractivity contribution is 6.02. The van der Waals surface area contributed by atoms with E-state index in [4.69, 9.17) is 4.74 Å². The van der Waals surface area contributed by atoms with Gasteiger partial charge in [-0.05, 0) is 43.3 Å². The van der Waals surface area contributed by atoms with Crippen molar-refractivity contribution in [2.45, 2.75) is 6.92 Å². The minimum Gasteiger partial charge on any atom is -0.497 e. The molecule has 0 aliphatic heterocycles. The Morgan fingerprint density at radius 2 is 1.60 bits per heavy atom. The van der Waals surface area contributed by atoms with Crippen LogP contribution in [-0.4, -0.2) is 23.0 Å². The summed E-state index contributed by atoms with van der Waals surface area (Å²) in [5, 5.41) is 5.91. The van der Waals surface area contributed by atoms with Gasteiger partial charge in [0.25, 0.3) is 5.91 Å². The lowest BCUT2D eigenvalue weighted by Crippen LogP contribution is -2.14. The SMILES string of the molecule is COc1ccc(Nc2cnc(C(=O)Nc3ccc(C)cc3)cn2)cc1. The van der Waals surface area contributed by atoms with Gasteiger partial charge in [0.2, 0.25) is 0 Å². The number of nitrogens with zero attached hydrogens (tertiary/aromatic N) is 2. The molecule has 2 N–H and O–H groups in total. The van der Waals surface area contributed by atoms with Gasteiger partial charge in [-0.3, -0.25) is 4.79 Å². The lowest BCUT2D eigenvalue weighted by Gasteiger charge is -2.08. The molecule has 126 valence electrons. The average molecular weight is 334 g/mol. The molecular weight excluding hydrogens is 316 g/mol. The van der Waals surface area contributed by atoms with Gasteiger partial charge in [0.15, 0.2) is 0 Å². The summed E-state index contributed by atoms with van der Waals surface area (Å²) in [5.41, 5.74) is 2.96. The Morgan fingerprint density at radius 3 is 2.20 bits per heavy atom. The molecule has 6 heteroatoms. The number of hydrogen-bond acceptors (Lipinski definition) is 5. The highest BCUT2D eigenvalue weighted by Crippen LogP contribution is 2.18. The van der Waals surface area contributed by atoms with Crippen LogP contribution in [0.3, 0.4) is 0 Å². The van der Waals surface area contributed by atoms with Crippen LogP contribution in [0.25, 0.3) is 0 Å². The molecule has 0 aliphatic carbocycles. The van der Waals surface area contributed by atoms with Crippen LogP contribution in [0.15, 0.2) is 60.9 Å². The summed E-state index contributed by atoms with van der Waals surface area (Å²) in [5.74, 6) is 1.03. The van der Waals surface area contributed by atoms with Crippen molar-refractivity contribution < 1.29 is 9.53 Å². The molecule has 0 fully saturated rings. The zero-order valence-corrected chi connectivity index (χ0v) is 14.0. The van der Waals surface area contributed by atoms with Crippen molar-refractivity contribution in [3.63, 3.8) is 0 Å². The zero-order valence-electron chi connectivity index (χ0n) is 14.0. The van der Waals surface area contributed by atoms with E-state index in [0.717, 1.165) is 22.7 Å². The van der Waals surface area contributed by atoms with Crippen LogP contribution in [0.2, 0.25) is 0 Å². The summed E-state index contributed by atoms with van der Waals surface area (Å²) in [7, 11) is 1.62. The van der Waals surface area contributed by atoms with Crippen LogP contribution in [-0.2, 0) is 0 Å². The van der Waals surface area contributed by atoms with Crippen LogP contribution >= 0.6 is 0 Å². The second kappa shape index (κ2) is 7.44. The number of rotatable bonds is 5. The molecule has 2 aromatic carbocycles. The van der Waals surface area contributed by atoms with Gasteiger partial charge in [-0.25, -0.2) is 9.97 Å². The number of hydrogen-bond donors (Lipinski definition) is 2. The van der Waals surface area contributed by atoms with E-state index in [2.05, 4.69) is 20.6 Å². The van der Waals surface area contributed by atoms with Gasteiger partial charge in [0.05, 0.1) is 19.5 Å². The fourth-order valence-electron chi connectivity index (χ4n) is 2.16. The van der Waals surface area contributed by atoms with Gasteiger partial charge >= 0.3 is 0 Å². The number of methoxy groups -OCH3 is 1. The Bertz CT molecular complexity index is 844. The van der Waals surface area contributed by atoms with Crippen molar-refractivity contribution in [3.8, 4) is 5.75 Å². The highest BCUT2D eigenvalue weighted by Gasteiger charge is 2.08. The number of anilines is 3. The summed E-state index contributed by atoms with van der Waals surface area (Å²) >= 11 is 0. The first-order valence-electron chi connectivity index (χ1n) is 7.75. The van der Waals surface area contributed by atoms with Crippen LogP contribution in [0.5, 0.6) is 5.75 Å². The van der Waals surface area contributed by atoms with Gasteiger partial charge in [0, 0.05) is 11.4 Å². The Kier molecular flexibility index (Phi) is 4.89. The minimum absolute atomic E-state index is 0.251. The molecule has 0 aliphatic rings. The van der Waals surface area contributed by atoms with Gasteiger partial charge in [-0.2, -0.15) is 0 Å². The molecule has 1 amide bonds. The molecule has 0 saturated carbocycles. The smallest absolute Gasteiger partial charge is 0.275 e. The van der Waals surface area contributed by atoms with Crippen molar-refractivity contribution in [2.75, 3.05) is 17.7 Å². The molecule has 0 bridgehead atoms. The van der Waals surface area contributed by atoms with Crippen LogP contribution in [0.1, 0.15) is 16.1 Å². The highest BCUT2D eigenvalue weighted by atomic mass is 16.5. The van der Waals surface area contributed by atoms with E-state index in [-0.39, 0.29) is 11.6 Å². The number of aromatic nitrogens is 2. The summed E-state index contributed by atoms with van der Waals surface area (Å²) in [6.07, 6.45) is 2.96. The van der Waals surface area contributed by atoms with Crippen LogP contribution in [0, 0.1) is 6.92 Å². The van der Waals surface area contributed by atoms with E-state index in [9.17, 15) is 4.79 Å². The van der Waals surface area contributed by atoms with E-state index < -0.39 is 0 Å². The Labute approximate surface area is 145 Å². The van der Waals surface area contributed by atoms with E-state index in [1.165, 1.54) is 12.4 Å². The predicted molar refractivity (Wildman–Crippen MR) is 97.4 cm³/mol. The van der Waals surface area contributed by atoms with E-state index in [1.807, 2.05) is 55.5 Å². The number of aryl methyl sites for hydroxylation is 1. The van der Waals surface area contributed by atoms with Gasteiger partial charge in [-0.15, -0.1) is 0 Å². The first-order chi connectivity index (χ1) is 12.1. The molecule has 3 aromatic rings. The molecule has 0 saturated heterocycles. The molecule has 0 radical (unpaired) electrons. The molecule has 6 nitrogen and oxygen atoms in total. The summed E-state index contributed by atoms with van der Waals surface area (Å²) in [6.45, 7) is 1.99. The summed E-state index contributed by atoms with van der Waals surface area (Å²) in [6, 6.07) is 15.0. The monoisotopic (exact) mass is 334 g/mol. The normalized spacial score (nSPS) is 10.2. The molecule has 1 aromatic heterocycles. The quantitative estimate of drug-likeness (QED) is 0.742. The molecule has 0 unspecified atom stereocenters. The van der Waals surface area contributed by atoms with Crippen LogP contribution < -0.4 is 15.4 Å². The van der Waals surface area contributed by atoms with Crippen molar-refractivity contribution in [3.05, 3.63) is 72.2 Å². The molecule has 0 atom stereocenters.